The van der Waals surface area contributed by atoms with Gasteiger partial charge in [-0.15, -0.1) is 0 Å². The van der Waals surface area contributed by atoms with Crippen molar-refractivity contribution < 1.29 is 48.9 Å². The number of aliphatic imine (C=N–C) groups is 1. The van der Waals surface area contributed by atoms with Crippen LogP contribution in [0, 0.1) is 0 Å². The van der Waals surface area contributed by atoms with Crippen LogP contribution >= 0.6 is 0 Å². The number of aromatic amines is 1. The number of rotatable bonds is 19. The molecule has 1 aromatic heterocycles. The van der Waals surface area contributed by atoms with Crippen molar-refractivity contribution in [3.05, 3.63) is 18.2 Å². The van der Waals surface area contributed by atoms with Gasteiger partial charge in [-0.25, -0.2) is 9.78 Å². The molecule has 4 amide bonds. The Morgan fingerprint density at radius 3 is 2.20 bits per heavy atom. The first-order valence-corrected chi connectivity index (χ1v) is 14.4. The van der Waals surface area contributed by atoms with E-state index < -0.39 is 84.6 Å². The summed E-state index contributed by atoms with van der Waals surface area (Å²) in [6.45, 7) is 0.230. The topological polar surface area (TPSA) is 339 Å². The Morgan fingerprint density at radius 1 is 0.957 bits per heavy atom. The third-order valence-electron chi connectivity index (χ3n) is 7.01. The number of nitrogens with one attached hydrogen (secondary N) is 4. The predicted octanol–water partition coefficient (Wildman–Crippen LogP) is -3.80. The number of amides is 4. The van der Waals surface area contributed by atoms with Crippen molar-refractivity contribution in [3.63, 3.8) is 0 Å². The first-order valence-electron chi connectivity index (χ1n) is 14.4. The van der Waals surface area contributed by atoms with E-state index in [1.807, 2.05) is 0 Å². The maximum Gasteiger partial charge on any atom is 0.326 e. The quantitative estimate of drug-likeness (QED) is 0.0389. The molecule has 0 spiro atoms. The van der Waals surface area contributed by atoms with Gasteiger partial charge in [0, 0.05) is 37.8 Å². The highest BCUT2D eigenvalue weighted by atomic mass is 16.4. The summed E-state index contributed by atoms with van der Waals surface area (Å²) in [7, 11) is 0. The molecule has 0 bridgehead atoms. The summed E-state index contributed by atoms with van der Waals surface area (Å²) >= 11 is 0. The Bertz CT molecular complexity index is 1280. The highest BCUT2D eigenvalue weighted by Gasteiger charge is 2.39. The molecular formula is C26H40N10O10. The molecule has 46 heavy (non-hydrogen) atoms. The molecule has 1 saturated heterocycles. The van der Waals surface area contributed by atoms with Crippen molar-refractivity contribution in [2.45, 2.75) is 81.6 Å². The number of H-pyrrole nitrogens is 1. The third-order valence-corrected chi connectivity index (χ3v) is 7.01. The molecule has 13 N–H and O–H groups in total. The van der Waals surface area contributed by atoms with Crippen LogP contribution in [0.4, 0.5) is 0 Å². The summed E-state index contributed by atoms with van der Waals surface area (Å²) in [5.74, 6) is -7.82. The minimum Gasteiger partial charge on any atom is -0.481 e. The minimum atomic E-state index is -1.68. The van der Waals surface area contributed by atoms with Gasteiger partial charge in [0.05, 0.1) is 18.8 Å². The molecule has 1 aliphatic heterocycles. The Kier molecular flexibility index (Phi) is 14.4. The largest absolute Gasteiger partial charge is 0.481 e. The van der Waals surface area contributed by atoms with Crippen molar-refractivity contribution in [3.8, 4) is 0 Å². The number of nitrogens with zero attached hydrogens (tertiary/aromatic N) is 3. The van der Waals surface area contributed by atoms with Gasteiger partial charge in [-0.2, -0.15) is 0 Å². The summed E-state index contributed by atoms with van der Waals surface area (Å²) < 4.78 is 0. The van der Waals surface area contributed by atoms with Crippen molar-refractivity contribution in [2.75, 3.05) is 13.1 Å². The van der Waals surface area contributed by atoms with Crippen LogP contribution in [0.25, 0.3) is 0 Å². The Hall–Kier alpha value is -5.27. The first kappa shape index (κ1) is 36.9. The van der Waals surface area contributed by atoms with Crippen molar-refractivity contribution >= 4 is 47.5 Å². The van der Waals surface area contributed by atoms with Gasteiger partial charge in [0.2, 0.25) is 23.6 Å². The second kappa shape index (κ2) is 17.9. The molecule has 1 aromatic rings. The lowest BCUT2D eigenvalue weighted by molar-refractivity contribution is -0.150. The number of aliphatic carboxylic acids is 3. The molecule has 5 unspecified atom stereocenters. The number of guanidine groups is 1. The highest BCUT2D eigenvalue weighted by molar-refractivity contribution is 5.97. The fourth-order valence-electron chi connectivity index (χ4n) is 4.70. The summed E-state index contributed by atoms with van der Waals surface area (Å²) in [6.07, 6.45) is 1.57. The zero-order valence-corrected chi connectivity index (χ0v) is 24.9. The normalized spacial score (nSPS) is 16.7. The molecular weight excluding hydrogens is 612 g/mol. The van der Waals surface area contributed by atoms with Gasteiger partial charge in [0.25, 0.3) is 0 Å². The lowest BCUT2D eigenvalue weighted by Crippen LogP contribution is -2.59. The van der Waals surface area contributed by atoms with Gasteiger partial charge in [0.1, 0.15) is 24.2 Å². The van der Waals surface area contributed by atoms with Crippen molar-refractivity contribution in [1.29, 1.82) is 0 Å². The van der Waals surface area contributed by atoms with E-state index in [4.69, 9.17) is 17.2 Å². The maximum atomic E-state index is 13.5. The number of carboxylic acids is 3. The van der Waals surface area contributed by atoms with E-state index >= 15 is 0 Å². The van der Waals surface area contributed by atoms with Crippen molar-refractivity contribution in [2.24, 2.45) is 22.2 Å². The molecule has 0 aromatic carbocycles. The molecule has 20 heteroatoms. The number of aromatic nitrogens is 2. The SMILES string of the molecule is NC(N)=NCCCC(N)C(=O)NC(CCC(=O)O)C(=O)NC(Cc1cnc[nH]1)C(=O)NC(CC(=O)O)C(=O)N1CCCC1C(=O)O. The van der Waals surface area contributed by atoms with E-state index in [-0.39, 0.29) is 44.7 Å². The Balaban J connectivity index is 2.25. The van der Waals surface area contributed by atoms with E-state index in [2.05, 4.69) is 30.9 Å². The zero-order valence-electron chi connectivity index (χ0n) is 24.9. The number of imidazole rings is 1. The van der Waals surface area contributed by atoms with E-state index in [9.17, 15) is 48.9 Å². The summed E-state index contributed by atoms with van der Waals surface area (Å²) in [6, 6.07) is -6.92. The average Bonchev–Trinajstić information content (AvgIpc) is 3.68. The first-order chi connectivity index (χ1) is 21.7. The number of carbonyl (C=O) groups is 7. The molecule has 20 nitrogen and oxygen atoms in total. The van der Waals surface area contributed by atoms with Gasteiger partial charge < -0.3 is 58.4 Å². The Labute approximate surface area is 262 Å². The average molecular weight is 653 g/mol. The third kappa shape index (κ3) is 12.0. The van der Waals surface area contributed by atoms with Crippen LogP contribution < -0.4 is 33.2 Å². The number of carbonyl (C=O) groups excluding carboxylic acids is 4. The zero-order chi connectivity index (χ0) is 34.4. The molecule has 254 valence electrons. The monoisotopic (exact) mass is 652 g/mol. The van der Waals surface area contributed by atoms with E-state index in [0.717, 1.165) is 4.90 Å². The number of hydrogen-bond donors (Lipinski definition) is 10. The van der Waals surface area contributed by atoms with E-state index in [1.165, 1.54) is 12.5 Å². The van der Waals surface area contributed by atoms with E-state index in [1.54, 1.807) is 0 Å². The van der Waals surface area contributed by atoms with Gasteiger partial charge in [-0.05, 0) is 32.1 Å². The van der Waals surface area contributed by atoms with Crippen LogP contribution in [0.3, 0.4) is 0 Å². The molecule has 0 saturated carbocycles. The van der Waals surface area contributed by atoms with E-state index in [0.29, 0.717) is 18.5 Å². The van der Waals surface area contributed by atoms with Crippen LogP contribution in [0.5, 0.6) is 0 Å². The molecule has 0 aliphatic carbocycles. The molecule has 1 aliphatic rings. The Morgan fingerprint density at radius 2 is 1.61 bits per heavy atom. The number of carboxylic acid groups (broad SMARTS) is 3. The smallest absolute Gasteiger partial charge is 0.326 e. The molecule has 2 rings (SSSR count). The molecule has 1 fully saturated rings. The lowest BCUT2D eigenvalue weighted by Gasteiger charge is -2.28. The summed E-state index contributed by atoms with van der Waals surface area (Å²) in [5.41, 5.74) is 16.8. The van der Waals surface area contributed by atoms with Gasteiger partial charge in [-0.3, -0.25) is 33.8 Å². The maximum absolute atomic E-state index is 13.5. The fourth-order valence-corrected chi connectivity index (χ4v) is 4.70. The second-order valence-electron chi connectivity index (χ2n) is 10.6. The van der Waals surface area contributed by atoms with Gasteiger partial charge in [-0.1, -0.05) is 0 Å². The van der Waals surface area contributed by atoms with Gasteiger partial charge >= 0.3 is 17.9 Å². The standard InChI is InChI=1S/C26H40N10O10/c27-14(3-1-7-31-26(28)29)21(41)33-15(5-6-19(37)38)22(42)34-16(9-13-11-30-12-32-13)23(43)35-17(10-20(39)40)24(44)36-8-2-4-18(36)25(45)46/h11-12,14-18H,1-10,27H2,(H,30,32)(H,33,41)(H,34,42)(H,35,43)(H,37,38)(H,39,40)(H,45,46)(H4,28,29,31). The second-order valence-corrected chi connectivity index (χ2v) is 10.6. The molecule has 2 heterocycles. The van der Waals surface area contributed by atoms with Crippen LogP contribution in [-0.4, -0.2) is 121 Å². The van der Waals surface area contributed by atoms with Crippen LogP contribution in [-0.2, 0) is 40.0 Å². The lowest BCUT2D eigenvalue weighted by atomic mass is 10.1. The van der Waals surface area contributed by atoms with Gasteiger partial charge in [0.15, 0.2) is 5.96 Å². The highest BCUT2D eigenvalue weighted by Crippen LogP contribution is 2.19. The number of nitrogens with two attached hydrogens (primary N) is 3. The fraction of sp³-hybridized carbons (Fsp3) is 0.577. The van der Waals surface area contributed by atoms with Crippen molar-refractivity contribution in [1.82, 2.24) is 30.8 Å². The molecule has 0 radical (unpaired) electrons. The number of likely N-dealkylation sites (tertiary alicyclic amines) is 1. The number of hydrogen-bond acceptors (Lipinski definition) is 10. The summed E-state index contributed by atoms with van der Waals surface area (Å²) in [5, 5.41) is 35.2. The van der Waals surface area contributed by atoms with Crippen LogP contribution in [0.15, 0.2) is 17.5 Å². The minimum absolute atomic E-state index is 0.0392. The molecule has 5 atom stereocenters. The summed E-state index contributed by atoms with van der Waals surface area (Å²) in [4.78, 5) is 98.6. The van der Waals surface area contributed by atoms with Crippen LogP contribution in [0.1, 0.15) is 50.6 Å². The predicted molar refractivity (Wildman–Crippen MR) is 157 cm³/mol. The van der Waals surface area contributed by atoms with Crippen LogP contribution in [0.2, 0.25) is 0 Å².